The molecule has 3 unspecified atom stereocenters. The second kappa shape index (κ2) is 10.7. The molecule has 10 heteroatoms. The van der Waals surface area contributed by atoms with E-state index in [0.717, 1.165) is 44.9 Å². The molecule has 2 heterocycles. The van der Waals surface area contributed by atoms with Gasteiger partial charge >= 0.3 is 6.09 Å². The Morgan fingerprint density at radius 3 is 2.21 bits per heavy atom. The number of hydrogen-bond donors (Lipinski definition) is 1. The molecule has 0 bridgehead atoms. The minimum Gasteiger partial charge on any atom is -0.446 e. The maximum absolute atomic E-state index is 13.3. The van der Waals surface area contributed by atoms with Crippen molar-refractivity contribution in [2.75, 3.05) is 26.8 Å². The fourth-order valence-corrected chi connectivity index (χ4v) is 8.11. The third-order valence-corrected chi connectivity index (χ3v) is 10.6. The number of nitrogens with zero attached hydrogens (tertiary/aromatic N) is 2. The molecule has 2 saturated carbocycles. The first-order valence-electron chi connectivity index (χ1n) is 13.0. The highest BCUT2D eigenvalue weighted by atomic mass is 32.2. The van der Waals surface area contributed by atoms with E-state index in [0.29, 0.717) is 44.4 Å². The van der Waals surface area contributed by atoms with Gasteiger partial charge in [-0.25, -0.2) is 17.9 Å². The normalized spacial score (nSPS) is 35.5. The highest BCUT2D eigenvalue weighted by molar-refractivity contribution is 7.90. The van der Waals surface area contributed by atoms with Crippen molar-refractivity contribution in [1.82, 2.24) is 14.5 Å². The van der Waals surface area contributed by atoms with Crippen molar-refractivity contribution in [3.05, 3.63) is 0 Å². The summed E-state index contributed by atoms with van der Waals surface area (Å²) in [6.07, 6.45) is 6.97. The molecule has 2 amide bonds. The number of sulfonamides is 1. The van der Waals surface area contributed by atoms with Gasteiger partial charge in [0.25, 0.3) is 0 Å². The number of fused-ring (bicyclic) bond motifs is 1. The van der Waals surface area contributed by atoms with E-state index < -0.39 is 10.0 Å². The summed E-state index contributed by atoms with van der Waals surface area (Å²) in [5.74, 6) is 0.957. The fourth-order valence-electron chi connectivity index (χ4n) is 6.88. The lowest BCUT2D eigenvalue weighted by atomic mass is 9.69. The lowest BCUT2D eigenvalue weighted by Crippen LogP contribution is -2.67. The van der Waals surface area contributed by atoms with E-state index in [-0.39, 0.29) is 41.5 Å². The van der Waals surface area contributed by atoms with Crippen molar-refractivity contribution < 1.29 is 27.5 Å². The monoisotopic (exact) mass is 499 g/mol. The largest absolute Gasteiger partial charge is 0.446 e. The van der Waals surface area contributed by atoms with Crippen LogP contribution in [0.4, 0.5) is 4.79 Å². The van der Waals surface area contributed by atoms with E-state index in [4.69, 9.17) is 9.47 Å². The van der Waals surface area contributed by atoms with Crippen molar-refractivity contribution in [2.45, 2.75) is 101 Å². The molecule has 9 nitrogen and oxygen atoms in total. The zero-order chi connectivity index (χ0) is 24.5. The summed E-state index contributed by atoms with van der Waals surface area (Å²) in [6, 6.07) is -0.0783. The summed E-state index contributed by atoms with van der Waals surface area (Å²) >= 11 is 0. The minimum absolute atomic E-state index is 0.0146. The molecule has 4 aliphatic rings. The molecule has 0 aromatic heterocycles. The van der Waals surface area contributed by atoms with Gasteiger partial charge < -0.3 is 19.3 Å². The van der Waals surface area contributed by atoms with Gasteiger partial charge in [0.2, 0.25) is 15.9 Å². The maximum Gasteiger partial charge on any atom is 0.410 e. The van der Waals surface area contributed by atoms with Crippen LogP contribution < -0.4 is 4.72 Å². The van der Waals surface area contributed by atoms with E-state index in [1.54, 1.807) is 6.92 Å². The Hall–Kier alpha value is -1.39. The molecule has 1 N–H and O–H groups in total. The van der Waals surface area contributed by atoms with Crippen LogP contribution in [0.15, 0.2) is 0 Å². The number of piperazine rings is 1. The average Bonchev–Trinajstić information content (AvgIpc) is 2.83. The molecule has 2 aliphatic carbocycles. The molecular weight excluding hydrogens is 458 g/mol. The first kappa shape index (κ1) is 25.7. The topological polar surface area (TPSA) is 105 Å². The Morgan fingerprint density at radius 1 is 0.941 bits per heavy atom. The van der Waals surface area contributed by atoms with E-state index in [9.17, 15) is 18.0 Å². The predicted molar refractivity (Wildman–Crippen MR) is 128 cm³/mol. The van der Waals surface area contributed by atoms with Gasteiger partial charge in [0.05, 0.1) is 30.5 Å². The standard InChI is InChI=1S/C24H41N3O6S/c1-16-15-26(24(29)33-20-10-12-32-13-11-20)23-14-19(6-9-22(23)27(16)17(2)28)18-4-7-21(8-5-18)34(30,31)25-3/h16,18-23,25H,4-15H2,1-3H3/t16-,18?,19?,21?,22?,23?/m0/s1. The van der Waals surface area contributed by atoms with E-state index in [1.807, 2.05) is 16.7 Å². The number of nitrogens with one attached hydrogen (secondary N) is 1. The molecule has 2 saturated heterocycles. The summed E-state index contributed by atoms with van der Waals surface area (Å²) in [4.78, 5) is 29.7. The number of carbonyl (C=O) groups is 2. The van der Waals surface area contributed by atoms with Gasteiger partial charge in [-0.1, -0.05) is 0 Å². The number of ether oxygens (including phenoxy) is 2. The highest BCUT2D eigenvalue weighted by Crippen LogP contribution is 2.43. The Bertz CT molecular complexity index is 838. The highest BCUT2D eigenvalue weighted by Gasteiger charge is 2.48. The molecule has 4 fully saturated rings. The van der Waals surface area contributed by atoms with E-state index in [1.165, 1.54) is 7.05 Å². The number of rotatable bonds is 4. The molecular formula is C24H41N3O6S. The molecule has 4 rings (SSSR count). The third kappa shape index (κ3) is 5.38. The average molecular weight is 500 g/mol. The molecule has 194 valence electrons. The van der Waals surface area contributed by atoms with E-state index >= 15 is 0 Å². The second-order valence-corrected chi connectivity index (χ2v) is 12.8. The summed E-state index contributed by atoms with van der Waals surface area (Å²) < 4.78 is 38.2. The first-order chi connectivity index (χ1) is 16.2. The van der Waals surface area contributed by atoms with Crippen LogP contribution in [0.5, 0.6) is 0 Å². The number of carbonyl (C=O) groups excluding carboxylic acids is 2. The predicted octanol–water partition coefficient (Wildman–Crippen LogP) is 2.50. The van der Waals surface area contributed by atoms with E-state index in [2.05, 4.69) is 4.72 Å². The molecule has 34 heavy (non-hydrogen) atoms. The van der Waals surface area contributed by atoms with Crippen molar-refractivity contribution in [3.63, 3.8) is 0 Å². The molecule has 4 atom stereocenters. The summed E-state index contributed by atoms with van der Waals surface area (Å²) in [5, 5.41) is -0.306. The first-order valence-corrected chi connectivity index (χ1v) is 14.5. The van der Waals surface area contributed by atoms with Crippen LogP contribution >= 0.6 is 0 Å². The Morgan fingerprint density at radius 2 is 1.59 bits per heavy atom. The van der Waals surface area contributed by atoms with Crippen molar-refractivity contribution in [1.29, 1.82) is 0 Å². The Balaban J connectivity index is 1.46. The van der Waals surface area contributed by atoms with Gasteiger partial charge in [-0.05, 0) is 70.8 Å². The van der Waals surface area contributed by atoms with Gasteiger partial charge in [-0.15, -0.1) is 0 Å². The quantitative estimate of drug-likeness (QED) is 0.637. The molecule has 0 aromatic rings. The van der Waals surface area contributed by atoms with Gasteiger partial charge in [0.1, 0.15) is 6.10 Å². The van der Waals surface area contributed by atoms with Gasteiger partial charge in [-0.2, -0.15) is 0 Å². The lowest BCUT2D eigenvalue weighted by molar-refractivity contribution is -0.143. The molecule has 0 aromatic carbocycles. The van der Waals surface area contributed by atoms with Gasteiger partial charge in [0, 0.05) is 32.4 Å². The summed E-state index contributed by atoms with van der Waals surface area (Å²) in [6.45, 7) is 5.36. The second-order valence-electron chi connectivity index (χ2n) is 10.6. The molecule has 0 spiro atoms. The van der Waals surface area contributed by atoms with Gasteiger partial charge in [0.15, 0.2) is 0 Å². The zero-order valence-corrected chi connectivity index (χ0v) is 21.6. The van der Waals surface area contributed by atoms with Crippen LogP contribution in [0.25, 0.3) is 0 Å². The minimum atomic E-state index is -3.22. The SMILES string of the molecule is CNS(=O)(=O)C1CCC(C2CCC3C(C2)N(C(=O)OC2CCOCC2)C[C@H](C)N3C(C)=O)CC1. The van der Waals surface area contributed by atoms with Crippen LogP contribution in [0, 0.1) is 11.8 Å². The third-order valence-electron chi connectivity index (χ3n) is 8.66. The lowest BCUT2D eigenvalue weighted by Gasteiger charge is -2.54. The Labute approximate surface area is 203 Å². The summed E-state index contributed by atoms with van der Waals surface area (Å²) in [5.41, 5.74) is 0. The zero-order valence-electron chi connectivity index (χ0n) is 20.8. The Kier molecular flexibility index (Phi) is 8.09. The molecule has 0 radical (unpaired) electrons. The van der Waals surface area contributed by atoms with Crippen LogP contribution in [-0.2, 0) is 24.3 Å². The smallest absolute Gasteiger partial charge is 0.410 e. The molecule has 2 aliphatic heterocycles. The van der Waals surface area contributed by atoms with Crippen LogP contribution in [-0.4, -0.2) is 86.5 Å². The number of amides is 2. The summed E-state index contributed by atoms with van der Waals surface area (Å²) in [7, 11) is -1.74. The van der Waals surface area contributed by atoms with Crippen molar-refractivity contribution >= 4 is 22.0 Å². The van der Waals surface area contributed by atoms with Crippen molar-refractivity contribution in [2.24, 2.45) is 11.8 Å². The van der Waals surface area contributed by atoms with Crippen molar-refractivity contribution in [3.8, 4) is 0 Å². The maximum atomic E-state index is 13.3. The number of hydrogen-bond acceptors (Lipinski definition) is 6. The van der Waals surface area contributed by atoms with Gasteiger partial charge in [-0.3, -0.25) is 4.79 Å². The van der Waals surface area contributed by atoms with Crippen LogP contribution in [0.3, 0.4) is 0 Å². The van der Waals surface area contributed by atoms with Crippen LogP contribution in [0.1, 0.15) is 71.6 Å². The van der Waals surface area contributed by atoms with Crippen LogP contribution in [0.2, 0.25) is 0 Å². The fraction of sp³-hybridized carbons (Fsp3) is 0.917.